The number of hydrogen-bond donors (Lipinski definition) is 0. The van der Waals surface area contributed by atoms with Crippen molar-refractivity contribution in [2.24, 2.45) is 0 Å². The Morgan fingerprint density at radius 2 is 1.81 bits per heavy atom. The van der Waals surface area contributed by atoms with E-state index in [0.29, 0.717) is 6.42 Å². The maximum absolute atomic E-state index is 13.5. The summed E-state index contributed by atoms with van der Waals surface area (Å²) < 4.78 is 13.5. The highest BCUT2D eigenvalue weighted by Gasteiger charge is 2.15. The summed E-state index contributed by atoms with van der Waals surface area (Å²) >= 11 is 1.72. The lowest BCUT2D eigenvalue weighted by Crippen LogP contribution is -2.15. The van der Waals surface area contributed by atoms with Crippen LogP contribution in [0.5, 0.6) is 0 Å². The average Bonchev–Trinajstić information content (AvgIpc) is 2.69. The van der Waals surface area contributed by atoms with Crippen molar-refractivity contribution in [2.75, 3.05) is 0 Å². The molecule has 0 saturated heterocycles. The average molecular weight is 234 g/mol. The van der Waals surface area contributed by atoms with Crippen LogP contribution in [0.1, 0.15) is 19.4 Å². The van der Waals surface area contributed by atoms with Gasteiger partial charge < -0.3 is 0 Å². The molecule has 2 heteroatoms. The quantitative estimate of drug-likeness (QED) is 0.721. The van der Waals surface area contributed by atoms with Gasteiger partial charge in [-0.25, -0.2) is 4.39 Å². The summed E-state index contributed by atoms with van der Waals surface area (Å²) in [5, 5.41) is 2.06. The van der Waals surface area contributed by atoms with E-state index < -0.39 is 5.67 Å². The first kappa shape index (κ1) is 11.3. The Hall–Kier alpha value is -1.15. The van der Waals surface area contributed by atoms with Crippen molar-refractivity contribution in [3.05, 3.63) is 47.3 Å². The zero-order valence-electron chi connectivity index (χ0n) is 9.53. The smallest absolute Gasteiger partial charge is 0.109 e. The van der Waals surface area contributed by atoms with Crippen LogP contribution < -0.4 is 0 Å². The molecule has 1 heterocycles. The molecule has 0 radical (unpaired) electrons. The predicted molar refractivity (Wildman–Crippen MR) is 68.6 cm³/mol. The third-order valence-electron chi connectivity index (χ3n) is 2.38. The van der Waals surface area contributed by atoms with Gasteiger partial charge in [0, 0.05) is 11.3 Å². The number of benzene rings is 1. The molecule has 0 nitrogen and oxygen atoms in total. The fourth-order valence-electron chi connectivity index (χ4n) is 1.72. The molecule has 0 bridgehead atoms. The predicted octanol–water partition coefficient (Wildman–Crippen LogP) is 4.71. The zero-order valence-corrected chi connectivity index (χ0v) is 10.4. The number of thiophene rings is 1. The van der Waals surface area contributed by atoms with Gasteiger partial charge in [0.25, 0.3) is 0 Å². The first-order valence-corrected chi connectivity index (χ1v) is 6.24. The molecule has 0 saturated carbocycles. The molecule has 84 valence electrons. The van der Waals surface area contributed by atoms with E-state index in [0.717, 1.165) is 5.56 Å². The van der Waals surface area contributed by atoms with E-state index in [-0.39, 0.29) is 0 Å². The van der Waals surface area contributed by atoms with Crippen molar-refractivity contribution >= 4 is 11.3 Å². The standard InChI is InChI=1S/C14H15FS/c1-14(2,15)10-11-5-7-12(8-6-11)13-4-3-9-16-13/h3-9H,10H2,1-2H3. The Bertz CT molecular complexity index is 435. The molecular formula is C14H15FS. The Labute approximate surface area is 99.8 Å². The maximum Gasteiger partial charge on any atom is 0.109 e. The van der Waals surface area contributed by atoms with Crippen molar-refractivity contribution in [2.45, 2.75) is 25.9 Å². The molecule has 16 heavy (non-hydrogen) atoms. The van der Waals surface area contributed by atoms with Crippen LogP contribution in [-0.4, -0.2) is 5.67 Å². The monoisotopic (exact) mass is 234 g/mol. The van der Waals surface area contributed by atoms with Crippen LogP contribution in [0.4, 0.5) is 4.39 Å². The Morgan fingerprint density at radius 3 is 2.31 bits per heavy atom. The van der Waals surface area contributed by atoms with Crippen molar-refractivity contribution in [1.29, 1.82) is 0 Å². The minimum Gasteiger partial charge on any atom is -0.244 e. The third kappa shape index (κ3) is 2.92. The summed E-state index contributed by atoms with van der Waals surface area (Å²) in [6.07, 6.45) is 0.470. The summed E-state index contributed by atoms with van der Waals surface area (Å²) in [4.78, 5) is 1.26. The van der Waals surface area contributed by atoms with Crippen LogP contribution >= 0.6 is 11.3 Å². The fraction of sp³-hybridized carbons (Fsp3) is 0.286. The van der Waals surface area contributed by atoms with Crippen LogP contribution in [0.15, 0.2) is 41.8 Å². The number of rotatable bonds is 3. The second-order valence-corrected chi connectivity index (χ2v) is 5.52. The molecule has 1 aromatic heterocycles. The first-order valence-electron chi connectivity index (χ1n) is 5.36. The highest BCUT2D eigenvalue weighted by Crippen LogP contribution is 2.25. The van der Waals surface area contributed by atoms with Crippen LogP contribution in [0.3, 0.4) is 0 Å². The van der Waals surface area contributed by atoms with Crippen LogP contribution in [-0.2, 0) is 6.42 Å². The van der Waals surface area contributed by atoms with Gasteiger partial charge in [-0.3, -0.25) is 0 Å². The van der Waals surface area contributed by atoms with Gasteiger partial charge in [0.05, 0.1) is 0 Å². The van der Waals surface area contributed by atoms with E-state index in [1.54, 1.807) is 25.2 Å². The molecule has 0 fully saturated rings. The molecule has 2 aromatic rings. The molecule has 0 amide bonds. The van der Waals surface area contributed by atoms with Crippen molar-refractivity contribution in [3.8, 4) is 10.4 Å². The van der Waals surface area contributed by atoms with E-state index in [1.807, 2.05) is 18.2 Å². The molecule has 1 aromatic carbocycles. The van der Waals surface area contributed by atoms with Gasteiger partial charge in [-0.15, -0.1) is 11.3 Å². The van der Waals surface area contributed by atoms with E-state index in [9.17, 15) is 4.39 Å². The fourth-order valence-corrected chi connectivity index (χ4v) is 2.45. The second kappa shape index (κ2) is 4.38. The van der Waals surface area contributed by atoms with Crippen LogP contribution in [0.25, 0.3) is 10.4 Å². The number of halogens is 1. The number of hydrogen-bond acceptors (Lipinski definition) is 1. The summed E-state index contributed by atoms with van der Waals surface area (Å²) in [6.45, 7) is 3.22. The lowest BCUT2D eigenvalue weighted by molar-refractivity contribution is 0.217. The first-order chi connectivity index (χ1) is 7.54. The van der Waals surface area contributed by atoms with Crippen molar-refractivity contribution < 1.29 is 4.39 Å². The zero-order chi connectivity index (χ0) is 11.6. The molecule has 0 atom stereocenters. The molecule has 0 unspecified atom stereocenters. The highest BCUT2D eigenvalue weighted by molar-refractivity contribution is 7.13. The summed E-state index contributed by atoms with van der Waals surface area (Å²) in [6, 6.07) is 12.3. The second-order valence-electron chi connectivity index (χ2n) is 4.57. The number of alkyl halides is 1. The molecular weight excluding hydrogens is 219 g/mol. The summed E-state index contributed by atoms with van der Waals surface area (Å²) in [7, 11) is 0. The van der Waals surface area contributed by atoms with Gasteiger partial charge in [-0.2, -0.15) is 0 Å². The molecule has 0 spiro atoms. The summed E-state index contributed by atoms with van der Waals surface area (Å²) in [5.41, 5.74) is 1.12. The summed E-state index contributed by atoms with van der Waals surface area (Å²) in [5.74, 6) is 0. The molecule has 0 aliphatic carbocycles. The third-order valence-corrected chi connectivity index (χ3v) is 3.30. The minimum absolute atomic E-state index is 0.470. The Morgan fingerprint density at radius 1 is 1.12 bits per heavy atom. The van der Waals surface area contributed by atoms with Crippen LogP contribution in [0, 0.1) is 0 Å². The van der Waals surface area contributed by atoms with Gasteiger partial charge >= 0.3 is 0 Å². The van der Waals surface area contributed by atoms with Gasteiger partial charge in [0.2, 0.25) is 0 Å². The van der Waals surface area contributed by atoms with Gasteiger partial charge in [0.1, 0.15) is 5.67 Å². The van der Waals surface area contributed by atoms with Crippen molar-refractivity contribution in [3.63, 3.8) is 0 Å². The molecule has 2 rings (SSSR count). The van der Waals surface area contributed by atoms with Gasteiger partial charge in [-0.05, 0) is 36.4 Å². The maximum atomic E-state index is 13.5. The molecule has 0 N–H and O–H groups in total. The topological polar surface area (TPSA) is 0 Å². The lowest BCUT2D eigenvalue weighted by Gasteiger charge is -2.13. The van der Waals surface area contributed by atoms with E-state index >= 15 is 0 Å². The van der Waals surface area contributed by atoms with E-state index in [1.165, 1.54) is 10.4 Å². The normalized spacial score (nSPS) is 11.7. The minimum atomic E-state index is -1.13. The lowest BCUT2D eigenvalue weighted by atomic mass is 9.99. The largest absolute Gasteiger partial charge is 0.244 e. The van der Waals surface area contributed by atoms with Gasteiger partial charge in [0.15, 0.2) is 0 Å². The highest BCUT2D eigenvalue weighted by atomic mass is 32.1. The van der Waals surface area contributed by atoms with Crippen molar-refractivity contribution in [1.82, 2.24) is 0 Å². The Balaban J connectivity index is 2.17. The van der Waals surface area contributed by atoms with Crippen LogP contribution in [0.2, 0.25) is 0 Å². The molecule has 0 aliphatic rings. The van der Waals surface area contributed by atoms with E-state index in [4.69, 9.17) is 0 Å². The van der Waals surface area contributed by atoms with E-state index in [2.05, 4.69) is 23.6 Å². The van der Waals surface area contributed by atoms with Gasteiger partial charge in [-0.1, -0.05) is 30.3 Å². The molecule has 0 aliphatic heterocycles. The Kier molecular flexibility index (Phi) is 3.10. The SMILES string of the molecule is CC(C)(F)Cc1ccc(-c2cccs2)cc1.